The molecule has 3 nitrogen and oxygen atoms in total. The van der Waals surface area contributed by atoms with Crippen molar-refractivity contribution < 1.29 is 4.79 Å². The van der Waals surface area contributed by atoms with E-state index in [1.165, 1.54) is 5.56 Å². The molecule has 2 aromatic carbocycles. The van der Waals surface area contributed by atoms with Crippen LogP contribution in [0, 0.1) is 6.92 Å². The van der Waals surface area contributed by atoms with Crippen molar-refractivity contribution in [1.29, 1.82) is 0 Å². The lowest BCUT2D eigenvalue weighted by atomic mass is 10.1. The Labute approximate surface area is 124 Å². The van der Waals surface area contributed by atoms with E-state index in [0.717, 1.165) is 17.7 Å². The highest BCUT2D eigenvalue weighted by atomic mass is 35.5. The molecule has 4 heteroatoms. The standard InChI is InChI=1S/C16H17ClN2O/c1-3-12-5-8-13(9-6-12)18-16(20)19-14-7-4-11(2)15(17)10-14/h4-10H,3H2,1-2H3,(H2,18,19,20). The van der Waals surface area contributed by atoms with Crippen LogP contribution in [0.25, 0.3) is 0 Å². The second-order valence-electron chi connectivity index (χ2n) is 4.59. The average Bonchev–Trinajstić information content (AvgIpc) is 2.44. The molecule has 0 aliphatic rings. The van der Waals surface area contributed by atoms with Crippen LogP contribution >= 0.6 is 11.6 Å². The van der Waals surface area contributed by atoms with Gasteiger partial charge in [0.2, 0.25) is 0 Å². The van der Waals surface area contributed by atoms with Gasteiger partial charge >= 0.3 is 6.03 Å². The summed E-state index contributed by atoms with van der Waals surface area (Å²) in [5.41, 5.74) is 3.65. The molecule has 2 aromatic rings. The fraction of sp³-hybridized carbons (Fsp3) is 0.188. The zero-order valence-corrected chi connectivity index (χ0v) is 12.3. The number of carbonyl (C=O) groups excluding carboxylic acids is 1. The smallest absolute Gasteiger partial charge is 0.308 e. The number of halogens is 1. The maximum atomic E-state index is 11.9. The normalized spacial score (nSPS) is 10.2. The largest absolute Gasteiger partial charge is 0.323 e. The third-order valence-corrected chi connectivity index (χ3v) is 3.46. The molecule has 0 saturated carbocycles. The minimum absolute atomic E-state index is 0.283. The van der Waals surface area contributed by atoms with E-state index in [-0.39, 0.29) is 6.03 Å². The van der Waals surface area contributed by atoms with Crippen molar-refractivity contribution in [3.8, 4) is 0 Å². The first-order valence-corrected chi connectivity index (χ1v) is 6.89. The van der Waals surface area contributed by atoms with Crippen LogP contribution in [-0.4, -0.2) is 6.03 Å². The molecule has 0 aliphatic heterocycles. The number of carbonyl (C=O) groups is 1. The maximum Gasteiger partial charge on any atom is 0.323 e. The van der Waals surface area contributed by atoms with Crippen LogP contribution in [0.4, 0.5) is 16.2 Å². The Morgan fingerprint density at radius 3 is 2.25 bits per heavy atom. The molecule has 2 rings (SSSR count). The lowest BCUT2D eigenvalue weighted by Gasteiger charge is -2.09. The lowest BCUT2D eigenvalue weighted by Crippen LogP contribution is -2.19. The minimum Gasteiger partial charge on any atom is -0.308 e. The summed E-state index contributed by atoms with van der Waals surface area (Å²) >= 11 is 6.02. The van der Waals surface area contributed by atoms with Crippen LogP contribution in [-0.2, 0) is 6.42 Å². The molecule has 0 heterocycles. The molecule has 0 atom stereocenters. The Hall–Kier alpha value is -2.00. The summed E-state index contributed by atoms with van der Waals surface area (Å²) in [6, 6.07) is 12.9. The number of benzene rings is 2. The Morgan fingerprint density at radius 2 is 1.65 bits per heavy atom. The summed E-state index contributed by atoms with van der Waals surface area (Å²) in [6.45, 7) is 4.01. The number of aryl methyl sites for hydroxylation is 2. The molecule has 0 aliphatic carbocycles. The summed E-state index contributed by atoms with van der Waals surface area (Å²) in [5.74, 6) is 0. The number of amides is 2. The maximum absolute atomic E-state index is 11.9. The van der Waals surface area contributed by atoms with E-state index in [0.29, 0.717) is 10.7 Å². The second-order valence-corrected chi connectivity index (χ2v) is 5.00. The summed E-state index contributed by atoms with van der Waals surface area (Å²) < 4.78 is 0. The molecule has 104 valence electrons. The van der Waals surface area contributed by atoms with Gasteiger partial charge in [-0.05, 0) is 48.7 Å². The van der Waals surface area contributed by atoms with Gasteiger partial charge in [0, 0.05) is 16.4 Å². The highest BCUT2D eigenvalue weighted by Crippen LogP contribution is 2.20. The van der Waals surface area contributed by atoms with Crippen LogP contribution in [0.3, 0.4) is 0 Å². The number of anilines is 2. The first kappa shape index (κ1) is 14.4. The molecule has 0 aromatic heterocycles. The highest BCUT2D eigenvalue weighted by Gasteiger charge is 2.04. The zero-order chi connectivity index (χ0) is 14.5. The molecule has 0 radical (unpaired) electrons. The Balaban J connectivity index is 1.99. The molecule has 0 spiro atoms. The van der Waals surface area contributed by atoms with Crippen molar-refractivity contribution >= 4 is 29.0 Å². The number of urea groups is 1. The monoisotopic (exact) mass is 288 g/mol. The van der Waals surface area contributed by atoms with Crippen molar-refractivity contribution in [2.75, 3.05) is 10.6 Å². The van der Waals surface area contributed by atoms with Crippen molar-refractivity contribution in [3.05, 3.63) is 58.6 Å². The number of hydrogen-bond donors (Lipinski definition) is 2. The van der Waals surface area contributed by atoms with Gasteiger partial charge in [0.05, 0.1) is 0 Å². The molecule has 20 heavy (non-hydrogen) atoms. The molecule has 2 amide bonds. The van der Waals surface area contributed by atoms with E-state index < -0.39 is 0 Å². The Morgan fingerprint density at radius 1 is 1.05 bits per heavy atom. The van der Waals surface area contributed by atoms with Gasteiger partial charge in [-0.3, -0.25) is 0 Å². The van der Waals surface area contributed by atoms with E-state index >= 15 is 0 Å². The Kier molecular flexibility index (Phi) is 4.64. The molecule has 0 fully saturated rings. The summed E-state index contributed by atoms with van der Waals surface area (Å²) in [6.07, 6.45) is 0.980. The molecule has 2 N–H and O–H groups in total. The van der Waals surface area contributed by atoms with Gasteiger partial charge < -0.3 is 10.6 Å². The third kappa shape index (κ3) is 3.75. The zero-order valence-electron chi connectivity index (χ0n) is 11.5. The van der Waals surface area contributed by atoms with E-state index in [1.54, 1.807) is 6.07 Å². The van der Waals surface area contributed by atoms with Crippen LogP contribution in [0.2, 0.25) is 5.02 Å². The predicted octanol–water partition coefficient (Wildman–Crippen LogP) is 4.85. The van der Waals surface area contributed by atoms with Gasteiger partial charge in [-0.1, -0.05) is 36.7 Å². The number of rotatable bonds is 3. The lowest BCUT2D eigenvalue weighted by molar-refractivity contribution is 0.262. The van der Waals surface area contributed by atoms with Gasteiger partial charge in [-0.15, -0.1) is 0 Å². The van der Waals surface area contributed by atoms with Gasteiger partial charge in [-0.25, -0.2) is 4.79 Å². The van der Waals surface area contributed by atoms with Crippen molar-refractivity contribution in [1.82, 2.24) is 0 Å². The Bertz CT molecular complexity index is 608. The van der Waals surface area contributed by atoms with Crippen molar-refractivity contribution in [2.45, 2.75) is 20.3 Å². The van der Waals surface area contributed by atoms with E-state index in [1.807, 2.05) is 43.3 Å². The SMILES string of the molecule is CCc1ccc(NC(=O)Nc2ccc(C)c(Cl)c2)cc1. The van der Waals surface area contributed by atoms with Gasteiger partial charge in [0.1, 0.15) is 0 Å². The number of hydrogen-bond acceptors (Lipinski definition) is 1. The first-order valence-electron chi connectivity index (χ1n) is 6.51. The van der Waals surface area contributed by atoms with Gasteiger partial charge in [0.15, 0.2) is 0 Å². The van der Waals surface area contributed by atoms with E-state index in [9.17, 15) is 4.79 Å². The summed E-state index contributed by atoms with van der Waals surface area (Å²) in [4.78, 5) is 11.9. The summed E-state index contributed by atoms with van der Waals surface area (Å²) in [7, 11) is 0. The third-order valence-electron chi connectivity index (χ3n) is 3.05. The van der Waals surface area contributed by atoms with Crippen LogP contribution in [0.5, 0.6) is 0 Å². The molecule has 0 saturated heterocycles. The fourth-order valence-corrected chi connectivity index (χ4v) is 1.97. The van der Waals surface area contributed by atoms with E-state index in [4.69, 9.17) is 11.6 Å². The second kappa shape index (κ2) is 6.44. The predicted molar refractivity (Wildman–Crippen MR) is 84.7 cm³/mol. The molecular weight excluding hydrogens is 272 g/mol. The molecule has 0 unspecified atom stereocenters. The summed E-state index contributed by atoms with van der Waals surface area (Å²) in [5, 5.41) is 6.17. The molecular formula is C16H17ClN2O. The van der Waals surface area contributed by atoms with Crippen LogP contribution < -0.4 is 10.6 Å². The average molecular weight is 289 g/mol. The van der Waals surface area contributed by atoms with Gasteiger partial charge in [-0.2, -0.15) is 0 Å². The van der Waals surface area contributed by atoms with E-state index in [2.05, 4.69) is 17.6 Å². The van der Waals surface area contributed by atoms with Gasteiger partial charge in [0.25, 0.3) is 0 Å². The highest BCUT2D eigenvalue weighted by molar-refractivity contribution is 6.31. The van der Waals surface area contributed by atoms with Crippen molar-refractivity contribution in [2.24, 2.45) is 0 Å². The van der Waals surface area contributed by atoms with Crippen molar-refractivity contribution in [3.63, 3.8) is 0 Å². The van der Waals surface area contributed by atoms with Crippen LogP contribution in [0.15, 0.2) is 42.5 Å². The van der Waals surface area contributed by atoms with Crippen LogP contribution in [0.1, 0.15) is 18.1 Å². The molecule has 0 bridgehead atoms. The minimum atomic E-state index is -0.283. The first-order chi connectivity index (χ1) is 9.58. The number of nitrogens with one attached hydrogen (secondary N) is 2. The quantitative estimate of drug-likeness (QED) is 0.832. The fourth-order valence-electron chi connectivity index (χ4n) is 1.79. The topological polar surface area (TPSA) is 41.1 Å².